The van der Waals surface area contributed by atoms with E-state index >= 15 is 0 Å². The predicted octanol–water partition coefficient (Wildman–Crippen LogP) is 6.63. The summed E-state index contributed by atoms with van der Waals surface area (Å²) in [6.45, 7) is -1.17. The molecule has 4 rings (SSSR count). The number of nitrogens with one attached hydrogen (secondary N) is 3. The highest BCUT2D eigenvalue weighted by Gasteiger charge is 2.64. The van der Waals surface area contributed by atoms with Gasteiger partial charge in [0.25, 0.3) is 23.0 Å². The van der Waals surface area contributed by atoms with Crippen molar-refractivity contribution >= 4 is 46.7 Å². The molecule has 320 valence electrons. The molecule has 0 saturated carbocycles. The molecule has 18 heteroatoms. The number of carbonyl (C=O) groups excluding carboxylic acids is 5. The number of nitrogens with zero attached hydrogens (tertiary/aromatic N) is 1. The van der Waals surface area contributed by atoms with Crippen LogP contribution in [0.15, 0.2) is 109 Å². The molecule has 4 aromatic rings. The van der Waals surface area contributed by atoms with E-state index in [-0.39, 0.29) is 29.1 Å². The van der Waals surface area contributed by atoms with Gasteiger partial charge in [-0.2, -0.15) is 26.3 Å². The number of hydrogen-bond acceptors (Lipinski definition) is 7. The molecule has 0 heterocycles. The van der Waals surface area contributed by atoms with Gasteiger partial charge in [0.2, 0.25) is 11.8 Å². The molecular weight excluding hydrogens is 822 g/mol. The summed E-state index contributed by atoms with van der Waals surface area (Å²) in [7, 11) is 2.71. The largest absolute Gasteiger partial charge is 0.430 e. The van der Waals surface area contributed by atoms with Gasteiger partial charge >= 0.3 is 12.4 Å². The molecule has 0 aliphatic carbocycles. The Morgan fingerprint density at radius 2 is 1.18 bits per heavy atom. The summed E-state index contributed by atoms with van der Waals surface area (Å²) in [6.07, 6.45) is -11.2. The number of benzene rings is 4. The van der Waals surface area contributed by atoms with Crippen molar-refractivity contribution in [2.24, 2.45) is 0 Å². The highest BCUT2D eigenvalue weighted by molar-refractivity contribution is 6.31. The zero-order valence-electron chi connectivity index (χ0n) is 32.5. The van der Waals surface area contributed by atoms with E-state index in [1.165, 1.54) is 61.6 Å². The van der Waals surface area contributed by atoms with Gasteiger partial charge in [-0.15, -0.1) is 0 Å². The molecule has 0 bridgehead atoms. The highest BCUT2D eigenvalue weighted by Crippen LogP contribution is 2.43. The number of ether oxygens (including phenoxy) is 2. The Labute approximate surface area is 346 Å². The van der Waals surface area contributed by atoms with E-state index in [9.17, 15) is 50.3 Å². The monoisotopic (exact) mass is 862 g/mol. The van der Waals surface area contributed by atoms with E-state index in [4.69, 9.17) is 21.1 Å². The van der Waals surface area contributed by atoms with Crippen LogP contribution in [0.5, 0.6) is 0 Å². The van der Waals surface area contributed by atoms with Gasteiger partial charge in [0, 0.05) is 55.1 Å². The van der Waals surface area contributed by atoms with Crippen molar-refractivity contribution in [2.45, 2.75) is 48.9 Å². The van der Waals surface area contributed by atoms with Crippen molar-refractivity contribution < 1.29 is 59.8 Å². The Kier molecular flexibility index (Phi) is 15.6. The summed E-state index contributed by atoms with van der Waals surface area (Å²) in [5.41, 5.74) is -7.59. The first-order valence-electron chi connectivity index (χ1n) is 18.2. The standard InChI is InChI=1S/C42H41ClF6N4O7/c1-53(33-23-22-30(43)25-31(33)35(55)27-15-7-4-8-16-27)34(54)26-51-36(56)32(52-38(58)40(60-3,42(47,48)49)29-19-11-6-12-20-29)21-13-14-24-50-37(57)39(59-2,41(44,45)46)28-17-9-5-10-18-28/h4-12,15-20,22-23,25,32H,13-14,21,24,26H2,1-3H3,(H,50,57)(H,51,56)(H,52,58)/t32-,39?,40?/m0/s1. The van der Waals surface area contributed by atoms with Gasteiger partial charge in [0.05, 0.1) is 12.2 Å². The third-order valence-corrected chi connectivity index (χ3v) is 9.86. The minimum Gasteiger partial charge on any atom is -0.356 e. The molecular formula is C42H41ClF6N4O7. The lowest BCUT2D eigenvalue weighted by atomic mass is 9.91. The second kappa shape index (κ2) is 20.0. The number of methoxy groups -OCH3 is 2. The molecule has 3 N–H and O–H groups in total. The van der Waals surface area contributed by atoms with Crippen LogP contribution in [-0.2, 0) is 39.9 Å². The number of hydrogen-bond donors (Lipinski definition) is 3. The fourth-order valence-electron chi connectivity index (χ4n) is 6.44. The fraction of sp³-hybridized carbons (Fsp3) is 0.310. The van der Waals surface area contributed by atoms with Gasteiger partial charge in [0.1, 0.15) is 6.04 Å². The lowest BCUT2D eigenvalue weighted by Gasteiger charge is -2.34. The van der Waals surface area contributed by atoms with Gasteiger partial charge in [-0.3, -0.25) is 24.0 Å². The quantitative estimate of drug-likeness (QED) is 0.0580. The summed E-state index contributed by atoms with van der Waals surface area (Å²) >= 11 is 6.17. The number of halogens is 7. The van der Waals surface area contributed by atoms with Crippen LogP contribution in [0, 0.1) is 0 Å². The van der Waals surface area contributed by atoms with Crippen LogP contribution in [0.3, 0.4) is 0 Å². The molecule has 0 aliphatic heterocycles. The smallest absolute Gasteiger partial charge is 0.356 e. The molecule has 0 spiro atoms. The highest BCUT2D eigenvalue weighted by atomic mass is 35.5. The topological polar surface area (TPSA) is 143 Å². The first-order chi connectivity index (χ1) is 28.3. The molecule has 0 radical (unpaired) electrons. The summed E-state index contributed by atoms with van der Waals surface area (Å²) < 4.78 is 96.9. The average Bonchev–Trinajstić information content (AvgIpc) is 3.22. The van der Waals surface area contributed by atoms with Crippen LogP contribution in [0.4, 0.5) is 32.0 Å². The Morgan fingerprint density at radius 1 is 0.683 bits per heavy atom. The van der Waals surface area contributed by atoms with E-state index in [2.05, 4.69) is 16.0 Å². The first-order valence-corrected chi connectivity index (χ1v) is 18.6. The van der Waals surface area contributed by atoms with Crippen molar-refractivity contribution in [3.63, 3.8) is 0 Å². The Morgan fingerprint density at radius 3 is 1.68 bits per heavy atom. The van der Waals surface area contributed by atoms with Gasteiger partial charge in [-0.05, 0) is 37.5 Å². The number of alkyl halides is 6. The normalized spacial score (nSPS) is 14.2. The molecule has 11 nitrogen and oxygen atoms in total. The third kappa shape index (κ3) is 10.1. The number of likely N-dealkylation sites (N-methyl/N-ethyl adjacent to an activating group) is 1. The molecule has 4 aromatic carbocycles. The van der Waals surface area contributed by atoms with Crippen LogP contribution >= 0.6 is 11.6 Å². The lowest BCUT2D eigenvalue weighted by molar-refractivity contribution is -0.266. The number of amides is 4. The van der Waals surface area contributed by atoms with Gasteiger partial charge < -0.3 is 30.3 Å². The minimum atomic E-state index is -5.35. The molecule has 0 saturated heterocycles. The van der Waals surface area contributed by atoms with Crippen molar-refractivity contribution in [2.75, 3.05) is 39.3 Å². The maximum Gasteiger partial charge on any atom is 0.430 e. The van der Waals surface area contributed by atoms with Crippen molar-refractivity contribution in [3.05, 3.63) is 136 Å². The van der Waals surface area contributed by atoms with Gasteiger partial charge in [-0.1, -0.05) is 103 Å². The minimum absolute atomic E-state index is 0.0545. The number of unbranched alkanes of at least 4 members (excludes halogenated alkanes) is 1. The zero-order chi connectivity index (χ0) is 44.3. The number of rotatable bonds is 18. The van der Waals surface area contributed by atoms with Crippen molar-refractivity contribution in [1.82, 2.24) is 16.0 Å². The van der Waals surface area contributed by atoms with Crippen molar-refractivity contribution in [1.29, 1.82) is 0 Å². The Balaban J connectivity index is 1.54. The summed E-state index contributed by atoms with van der Waals surface area (Å²) in [5, 5.41) is 6.76. The van der Waals surface area contributed by atoms with Gasteiger partial charge in [0.15, 0.2) is 5.78 Å². The molecule has 0 fully saturated rings. The maximum atomic E-state index is 14.8. The third-order valence-electron chi connectivity index (χ3n) is 9.63. The molecule has 4 amide bonds. The van der Waals surface area contributed by atoms with E-state index < -0.39 is 89.6 Å². The average molecular weight is 863 g/mol. The van der Waals surface area contributed by atoms with E-state index in [0.717, 1.165) is 36.3 Å². The summed E-state index contributed by atoms with van der Waals surface area (Å²) in [6, 6.07) is 22.7. The number of carbonyl (C=O) groups is 5. The fourth-order valence-corrected chi connectivity index (χ4v) is 6.61. The van der Waals surface area contributed by atoms with Crippen LogP contribution in [-0.4, -0.2) is 82.2 Å². The summed E-state index contributed by atoms with van der Waals surface area (Å²) in [4.78, 5) is 68.2. The Bertz CT molecular complexity index is 2130. The molecule has 3 atom stereocenters. The first kappa shape index (κ1) is 46.9. The van der Waals surface area contributed by atoms with E-state index in [1.54, 1.807) is 30.3 Å². The van der Waals surface area contributed by atoms with Gasteiger partial charge in [-0.25, -0.2) is 0 Å². The van der Waals surface area contributed by atoms with Crippen molar-refractivity contribution in [3.8, 4) is 0 Å². The predicted molar refractivity (Wildman–Crippen MR) is 209 cm³/mol. The van der Waals surface area contributed by atoms with E-state index in [1.807, 2.05) is 0 Å². The zero-order valence-corrected chi connectivity index (χ0v) is 33.2. The van der Waals surface area contributed by atoms with Crippen LogP contribution in [0.2, 0.25) is 5.02 Å². The molecule has 2 unspecified atom stereocenters. The van der Waals surface area contributed by atoms with E-state index in [0.29, 0.717) is 12.7 Å². The number of ketones is 1. The SMILES string of the molecule is COC(C(=O)NCCCC[C@H](NC(=O)C(OC)(c1ccccc1)C(F)(F)F)C(=O)NCC(=O)N(C)c1ccc(Cl)cc1C(=O)c1ccccc1)(c1ccccc1)C(F)(F)F. The van der Waals surface area contributed by atoms with Crippen LogP contribution in [0.1, 0.15) is 46.3 Å². The molecule has 60 heavy (non-hydrogen) atoms. The Hall–Kier alpha value is -5.78. The lowest BCUT2D eigenvalue weighted by Crippen LogP contribution is -2.60. The summed E-state index contributed by atoms with van der Waals surface area (Å²) in [5.74, 6) is -5.67. The van der Waals surface area contributed by atoms with Crippen LogP contribution < -0.4 is 20.9 Å². The second-order valence-corrected chi connectivity index (χ2v) is 13.7. The number of anilines is 1. The molecule has 0 aromatic heterocycles. The second-order valence-electron chi connectivity index (χ2n) is 13.3. The molecule has 0 aliphatic rings. The maximum absolute atomic E-state index is 14.8. The van der Waals surface area contributed by atoms with Crippen LogP contribution in [0.25, 0.3) is 0 Å².